The summed E-state index contributed by atoms with van der Waals surface area (Å²) in [5, 5.41) is 10.2. The Bertz CT molecular complexity index is 708. The van der Waals surface area contributed by atoms with Crippen LogP contribution in [0.15, 0.2) is 33.4 Å². The maximum Gasteiger partial charge on any atom is 0.257 e. The van der Waals surface area contributed by atoms with Crippen molar-refractivity contribution in [1.82, 2.24) is 4.90 Å². The van der Waals surface area contributed by atoms with E-state index in [1.807, 2.05) is 12.1 Å². The van der Waals surface area contributed by atoms with Crippen LogP contribution < -0.4 is 0 Å². The molecule has 0 saturated heterocycles. The Labute approximate surface area is 137 Å². The number of carbonyl (C=O) groups is 1. The number of nitrogens with zero attached hydrogens (tertiary/aromatic N) is 1. The molecule has 1 aliphatic carbocycles. The molecule has 3 rings (SSSR count). The first-order valence-corrected chi connectivity index (χ1v) is 8.18. The van der Waals surface area contributed by atoms with Gasteiger partial charge in [0.2, 0.25) is 0 Å². The van der Waals surface area contributed by atoms with E-state index in [1.165, 1.54) is 5.56 Å². The van der Waals surface area contributed by atoms with Gasteiger partial charge >= 0.3 is 0 Å². The maximum absolute atomic E-state index is 12.6. The first-order valence-electron chi connectivity index (χ1n) is 7.39. The van der Waals surface area contributed by atoms with E-state index in [1.54, 1.807) is 24.1 Å². The summed E-state index contributed by atoms with van der Waals surface area (Å²) in [6.45, 7) is 0.362. The average Bonchev–Trinajstić information content (AvgIpc) is 2.91. The van der Waals surface area contributed by atoms with Crippen molar-refractivity contribution in [3.8, 4) is 5.75 Å². The summed E-state index contributed by atoms with van der Waals surface area (Å²) >= 11 is 3.25. The highest BCUT2D eigenvalue weighted by atomic mass is 79.9. The van der Waals surface area contributed by atoms with E-state index >= 15 is 0 Å². The fourth-order valence-electron chi connectivity index (χ4n) is 2.89. The summed E-state index contributed by atoms with van der Waals surface area (Å²) in [4.78, 5) is 14.1. The van der Waals surface area contributed by atoms with Gasteiger partial charge in [-0.2, -0.15) is 0 Å². The number of rotatable bonds is 3. The third-order valence-electron chi connectivity index (χ3n) is 4.06. The van der Waals surface area contributed by atoms with Gasteiger partial charge in [-0.25, -0.2) is 0 Å². The van der Waals surface area contributed by atoms with Gasteiger partial charge in [-0.05, 0) is 77.0 Å². The number of halogens is 1. The van der Waals surface area contributed by atoms with Crippen molar-refractivity contribution in [2.75, 3.05) is 7.05 Å². The molecule has 22 heavy (non-hydrogen) atoms. The van der Waals surface area contributed by atoms with Gasteiger partial charge in [-0.15, -0.1) is 0 Å². The van der Waals surface area contributed by atoms with Crippen LogP contribution in [-0.4, -0.2) is 23.0 Å². The predicted octanol–water partition coefficient (Wildman–Crippen LogP) is 3.90. The average molecular weight is 364 g/mol. The van der Waals surface area contributed by atoms with Gasteiger partial charge in [-0.1, -0.05) is 0 Å². The van der Waals surface area contributed by atoms with E-state index in [4.69, 9.17) is 4.42 Å². The molecule has 1 N–H and O–H groups in total. The maximum atomic E-state index is 12.6. The van der Waals surface area contributed by atoms with Gasteiger partial charge in [0.25, 0.3) is 5.91 Å². The zero-order valence-corrected chi connectivity index (χ0v) is 14.0. The zero-order valence-electron chi connectivity index (χ0n) is 12.4. The van der Waals surface area contributed by atoms with Crippen LogP contribution in [0.5, 0.6) is 5.75 Å². The Morgan fingerprint density at radius 1 is 1.27 bits per heavy atom. The highest BCUT2D eigenvalue weighted by molar-refractivity contribution is 9.10. The van der Waals surface area contributed by atoms with Crippen LogP contribution in [0, 0.1) is 0 Å². The van der Waals surface area contributed by atoms with Crippen molar-refractivity contribution in [3.63, 3.8) is 0 Å². The van der Waals surface area contributed by atoms with Gasteiger partial charge in [0.15, 0.2) is 4.67 Å². The van der Waals surface area contributed by atoms with Crippen molar-refractivity contribution >= 4 is 21.8 Å². The molecular formula is C17H18BrNO3. The minimum atomic E-state index is -0.196. The molecule has 0 fully saturated rings. The molecule has 1 aromatic heterocycles. The first kappa shape index (κ1) is 15.2. The fourth-order valence-corrected chi connectivity index (χ4v) is 3.23. The molecule has 0 bridgehead atoms. The van der Waals surface area contributed by atoms with Crippen LogP contribution in [0.1, 0.15) is 40.1 Å². The van der Waals surface area contributed by atoms with Crippen molar-refractivity contribution in [2.45, 2.75) is 32.2 Å². The highest BCUT2D eigenvalue weighted by Gasteiger charge is 2.20. The molecular weight excluding hydrogens is 346 g/mol. The molecule has 0 unspecified atom stereocenters. The minimum Gasteiger partial charge on any atom is -0.507 e. The number of phenolic OH excluding ortho intramolecular Hbond substituents is 1. The predicted molar refractivity (Wildman–Crippen MR) is 87.0 cm³/mol. The number of hydrogen-bond donors (Lipinski definition) is 1. The van der Waals surface area contributed by atoms with E-state index in [0.29, 0.717) is 22.5 Å². The Kier molecular flexibility index (Phi) is 4.25. The van der Waals surface area contributed by atoms with Crippen molar-refractivity contribution < 1.29 is 14.3 Å². The SMILES string of the molecule is CN(Cc1ccc(Br)o1)C(=O)c1cc2c(cc1O)CCCC2. The van der Waals surface area contributed by atoms with Gasteiger partial charge < -0.3 is 14.4 Å². The van der Waals surface area contributed by atoms with E-state index in [9.17, 15) is 9.90 Å². The highest BCUT2D eigenvalue weighted by Crippen LogP contribution is 2.29. The normalized spacial score (nSPS) is 13.7. The zero-order chi connectivity index (χ0) is 15.7. The molecule has 1 heterocycles. The monoisotopic (exact) mass is 363 g/mol. The number of phenols is 1. The number of carbonyl (C=O) groups excluding carboxylic acids is 1. The molecule has 116 valence electrons. The van der Waals surface area contributed by atoms with Crippen LogP contribution >= 0.6 is 15.9 Å². The fraction of sp³-hybridized carbons (Fsp3) is 0.353. The Hall–Kier alpha value is -1.75. The van der Waals surface area contributed by atoms with E-state index in [-0.39, 0.29) is 11.7 Å². The Morgan fingerprint density at radius 2 is 1.95 bits per heavy atom. The largest absolute Gasteiger partial charge is 0.507 e. The molecule has 4 nitrogen and oxygen atoms in total. The third-order valence-corrected chi connectivity index (χ3v) is 4.49. The van der Waals surface area contributed by atoms with Gasteiger partial charge in [0.05, 0.1) is 12.1 Å². The second-order valence-corrected chi connectivity index (χ2v) is 6.49. The lowest BCUT2D eigenvalue weighted by Gasteiger charge is -2.20. The summed E-state index contributed by atoms with van der Waals surface area (Å²) in [6.07, 6.45) is 4.24. The molecule has 1 amide bonds. The standard InChI is InChI=1S/C17H18BrNO3/c1-19(10-13-6-7-16(18)22-13)17(21)14-8-11-4-2-3-5-12(11)9-15(14)20/h6-9,20H,2-5,10H2,1H3. The quantitative estimate of drug-likeness (QED) is 0.899. The van der Waals surface area contributed by atoms with E-state index in [2.05, 4.69) is 15.9 Å². The first-order chi connectivity index (χ1) is 10.5. The van der Waals surface area contributed by atoms with Crippen molar-refractivity contribution in [3.05, 3.63) is 51.4 Å². The number of furan rings is 1. The molecule has 1 aromatic carbocycles. The van der Waals surface area contributed by atoms with Crippen LogP contribution in [0.3, 0.4) is 0 Å². The number of fused-ring (bicyclic) bond motifs is 1. The Morgan fingerprint density at radius 3 is 2.59 bits per heavy atom. The molecule has 5 heteroatoms. The third kappa shape index (κ3) is 3.04. The van der Waals surface area contributed by atoms with Crippen LogP contribution in [0.25, 0.3) is 0 Å². The lowest BCUT2D eigenvalue weighted by Crippen LogP contribution is -2.26. The summed E-state index contributed by atoms with van der Waals surface area (Å²) in [5.41, 5.74) is 2.72. The van der Waals surface area contributed by atoms with Crippen LogP contribution in [0.2, 0.25) is 0 Å². The molecule has 0 radical (unpaired) electrons. The van der Waals surface area contributed by atoms with E-state index < -0.39 is 0 Å². The summed E-state index contributed by atoms with van der Waals surface area (Å²) in [6, 6.07) is 7.21. The summed E-state index contributed by atoms with van der Waals surface area (Å²) < 4.78 is 6.06. The molecule has 0 aliphatic heterocycles. The van der Waals surface area contributed by atoms with Gasteiger partial charge in [0.1, 0.15) is 11.5 Å². The molecule has 0 spiro atoms. The number of aryl methyl sites for hydroxylation is 2. The number of aromatic hydroxyl groups is 1. The van der Waals surface area contributed by atoms with Crippen molar-refractivity contribution in [2.24, 2.45) is 0 Å². The number of amides is 1. The summed E-state index contributed by atoms with van der Waals surface area (Å²) in [5.74, 6) is 0.566. The smallest absolute Gasteiger partial charge is 0.257 e. The van der Waals surface area contributed by atoms with Gasteiger partial charge in [-0.3, -0.25) is 4.79 Å². The topological polar surface area (TPSA) is 53.7 Å². The second kappa shape index (κ2) is 6.16. The molecule has 0 atom stereocenters. The van der Waals surface area contributed by atoms with E-state index in [0.717, 1.165) is 31.2 Å². The number of hydrogen-bond acceptors (Lipinski definition) is 3. The van der Waals surface area contributed by atoms with Gasteiger partial charge in [0, 0.05) is 7.05 Å². The van der Waals surface area contributed by atoms with Crippen molar-refractivity contribution in [1.29, 1.82) is 0 Å². The molecule has 0 saturated carbocycles. The lowest BCUT2D eigenvalue weighted by atomic mass is 9.89. The lowest BCUT2D eigenvalue weighted by molar-refractivity contribution is 0.0772. The second-order valence-electron chi connectivity index (χ2n) is 5.71. The number of benzene rings is 1. The minimum absolute atomic E-state index is 0.0677. The summed E-state index contributed by atoms with van der Waals surface area (Å²) in [7, 11) is 1.71. The van der Waals surface area contributed by atoms with Crippen LogP contribution in [0.4, 0.5) is 0 Å². The molecule has 2 aromatic rings. The Balaban J connectivity index is 1.82. The van der Waals surface area contributed by atoms with Crippen LogP contribution in [-0.2, 0) is 19.4 Å². The molecule has 1 aliphatic rings.